The zero-order valence-electron chi connectivity index (χ0n) is 12.3. The lowest BCUT2D eigenvalue weighted by Gasteiger charge is -2.11. The van der Waals surface area contributed by atoms with Gasteiger partial charge in [-0.3, -0.25) is 4.79 Å². The van der Waals surface area contributed by atoms with E-state index in [1.807, 2.05) is 6.07 Å². The molecule has 0 aliphatic carbocycles. The van der Waals surface area contributed by atoms with Crippen molar-refractivity contribution in [1.82, 2.24) is 9.97 Å². The summed E-state index contributed by atoms with van der Waals surface area (Å²) in [6, 6.07) is 6.54. The maximum atomic E-state index is 12.2. The monoisotopic (exact) mass is 349 g/mol. The second kappa shape index (κ2) is 7.31. The standard InChI is InChI=1S/C15H12ClN3O3S/c1-3-22-14(21)11-8(5-4-6-10(11)16)12-9(7-17)13(20)19-15(18-12)23-2/h4-6H,3H2,1-2H3,(H,18,19,20). The molecule has 0 aliphatic heterocycles. The third-order valence-corrected chi connectivity index (χ3v) is 3.85. The minimum absolute atomic E-state index is 0.0812. The number of hydrogen-bond acceptors (Lipinski definition) is 6. The zero-order valence-corrected chi connectivity index (χ0v) is 13.9. The van der Waals surface area contributed by atoms with Gasteiger partial charge in [-0.2, -0.15) is 5.26 Å². The molecule has 118 valence electrons. The zero-order chi connectivity index (χ0) is 17.0. The number of thioether (sulfide) groups is 1. The number of nitriles is 1. The minimum Gasteiger partial charge on any atom is -0.462 e. The van der Waals surface area contributed by atoms with Crippen LogP contribution in [0.25, 0.3) is 11.3 Å². The van der Waals surface area contributed by atoms with E-state index in [1.54, 1.807) is 25.3 Å². The molecule has 8 heteroatoms. The molecule has 1 N–H and O–H groups in total. The topological polar surface area (TPSA) is 95.8 Å². The Hall–Kier alpha value is -2.30. The number of nitrogens with zero attached hydrogens (tertiary/aromatic N) is 2. The van der Waals surface area contributed by atoms with Gasteiger partial charge < -0.3 is 9.72 Å². The molecule has 0 radical (unpaired) electrons. The first-order valence-corrected chi connectivity index (χ1v) is 8.18. The lowest BCUT2D eigenvalue weighted by Crippen LogP contribution is -2.16. The summed E-state index contributed by atoms with van der Waals surface area (Å²) >= 11 is 7.33. The van der Waals surface area contributed by atoms with Gasteiger partial charge in [0.1, 0.15) is 11.6 Å². The summed E-state index contributed by atoms with van der Waals surface area (Å²) < 4.78 is 5.01. The number of hydrogen-bond donors (Lipinski definition) is 1. The molecule has 0 atom stereocenters. The van der Waals surface area contributed by atoms with Crippen LogP contribution in [0.15, 0.2) is 28.2 Å². The van der Waals surface area contributed by atoms with Crippen molar-refractivity contribution in [2.45, 2.75) is 12.1 Å². The highest BCUT2D eigenvalue weighted by atomic mass is 35.5. The molecule has 0 fully saturated rings. The van der Waals surface area contributed by atoms with Gasteiger partial charge in [0.25, 0.3) is 5.56 Å². The number of H-pyrrole nitrogens is 1. The first-order chi connectivity index (χ1) is 11.0. The van der Waals surface area contributed by atoms with Crippen LogP contribution in [0, 0.1) is 11.3 Å². The smallest absolute Gasteiger partial charge is 0.340 e. The van der Waals surface area contributed by atoms with Gasteiger partial charge in [0, 0.05) is 5.56 Å². The number of rotatable bonds is 4. The second-order valence-electron chi connectivity index (χ2n) is 4.29. The van der Waals surface area contributed by atoms with E-state index >= 15 is 0 Å². The fourth-order valence-electron chi connectivity index (χ4n) is 1.98. The van der Waals surface area contributed by atoms with Crippen molar-refractivity contribution in [3.8, 4) is 17.3 Å². The fourth-order valence-corrected chi connectivity index (χ4v) is 2.61. The molecule has 0 spiro atoms. The first kappa shape index (κ1) is 17.1. The molecule has 0 bridgehead atoms. The summed E-state index contributed by atoms with van der Waals surface area (Å²) in [4.78, 5) is 31.0. The number of halogens is 1. The number of esters is 1. The Balaban J connectivity index is 2.80. The lowest BCUT2D eigenvalue weighted by molar-refractivity contribution is 0.0527. The highest BCUT2D eigenvalue weighted by molar-refractivity contribution is 7.98. The Morgan fingerprint density at radius 2 is 2.26 bits per heavy atom. The average Bonchev–Trinajstić information content (AvgIpc) is 2.53. The molecule has 23 heavy (non-hydrogen) atoms. The minimum atomic E-state index is -0.634. The number of nitrogens with one attached hydrogen (secondary N) is 1. The van der Waals surface area contributed by atoms with Crippen LogP contribution in [0.3, 0.4) is 0 Å². The number of ether oxygens (including phenoxy) is 1. The van der Waals surface area contributed by atoms with E-state index in [0.29, 0.717) is 5.16 Å². The van der Waals surface area contributed by atoms with Crippen LogP contribution in [0.2, 0.25) is 5.02 Å². The Labute approximate surface area is 141 Å². The summed E-state index contributed by atoms with van der Waals surface area (Å²) in [7, 11) is 0. The number of aromatic amines is 1. The second-order valence-corrected chi connectivity index (χ2v) is 5.50. The van der Waals surface area contributed by atoms with Gasteiger partial charge in [-0.1, -0.05) is 35.5 Å². The predicted molar refractivity (Wildman–Crippen MR) is 87.8 cm³/mol. The van der Waals surface area contributed by atoms with Gasteiger partial charge in [-0.25, -0.2) is 9.78 Å². The SMILES string of the molecule is CCOC(=O)c1c(Cl)cccc1-c1nc(SC)[nH]c(=O)c1C#N. The Morgan fingerprint density at radius 1 is 1.52 bits per heavy atom. The summed E-state index contributed by atoms with van der Waals surface area (Å²) in [5.41, 5.74) is -0.287. The lowest BCUT2D eigenvalue weighted by atomic mass is 10.0. The third kappa shape index (κ3) is 3.38. The Morgan fingerprint density at radius 3 is 2.87 bits per heavy atom. The van der Waals surface area contributed by atoms with Crippen LogP contribution in [0.1, 0.15) is 22.8 Å². The van der Waals surface area contributed by atoms with Crippen LogP contribution in [0.5, 0.6) is 0 Å². The van der Waals surface area contributed by atoms with Crippen molar-refractivity contribution in [3.63, 3.8) is 0 Å². The number of carbonyl (C=O) groups excluding carboxylic acids is 1. The van der Waals surface area contributed by atoms with Gasteiger partial charge in [-0.05, 0) is 19.2 Å². The van der Waals surface area contributed by atoms with Gasteiger partial charge in [0.05, 0.1) is 22.9 Å². The van der Waals surface area contributed by atoms with Gasteiger partial charge in [0.2, 0.25) is 0 Å². The van der Waals surface area contributed by atoms with Crippen LogP contribution in [0.4, 0.5) is 0 Å². The van der Waals surface area contributed by atoms with E-state index in [4.69, 9.17) is 16.3 Å². The molecule has 2 aromatic rings. The number of benzene rings is 1. The molecule has 1 aromatic heterocycles. The van der Waals surface area contributed by atoms with E-state index in [1.165, 1.54) is 17.8 Å². The van der Waals surface area contributed by atoms with Crippen molar-refractivity contribution >= 4 is 29.3 Å². The number of aromatic nitrogens is 2. The molecule has 1 aromatic carbocycles. The molecule has 6 nitrogen and oxygen atoms in total. The predicted octanol–water partition coefficient (Wildman–Crippen LogP) is 2.86. The van der Waals surface area contributed by atoms with E-state index in [0.717, 1.165) is 0 Å². The largest absolute Gasteiger partial charge is 0.462 e. The Kier molecular flexibility index (Phi) is 5.42. The molecule has 2 rings (SSSR count). The van der Waals surface area contributed by atoms with E-state index < -0.39 is 11.5 Å². The molecule has 0 saturated carbocycles. The molecule has 0 amide bonds. The number of carbonyl (C=O) groups is 1. The quantitative estimate of drug-likeness (QED) is 0.518. The molecule has 1 heterocycles. The Bertz CT molecular complexity index is 858. The summed E-state index contributed by atoms with van der Waals surface area (Å²) in [6.07, 6.45) is 1.73. The van der Waals surface area contributed by atoms with Gasteiger partial charge in [0.15, 0.2) is 5.16 Å². The van der Waals surface area contributed by atoms with E-state index in [9.17, 15) is 14.9 Å². The highest BCUT2D eigenvalue weighted by Crippen LogP contribution is 2.30. The summed E-state index contributed by atoms with van der Waals surface area (Å²) in [5.74, 6) is -0.634. The summed E-state index contributed by atoms with van der Waals surface area (Å²) in [5, 5.41) is 9.76. The summed E-state index contributed by atoms with van der Waals surface area (Å²) in [6.45, 7) is 1.85. The van der Waals surface area contributed by atoms with Crippen LogP contribution in [-0.4, -0.2) is 28.8 Å². The highest BCUT2D eigenvalue weighted by Gasteiger charge is 2.22. The van der Waals surface area contributed by atoms with E-state index in [-0.39, 0.29) is 34.0 Å². The van der Waals surface area contributed by atoms with Gasteiger partial charge >= 0.3 is 5.97 Å². The normalized spacial score (nSPS) is 10.2. The molecular weight excluding hydrogens is 338 g/mol. The molecule has 0 saturated heterocycles. The van der Waals surface area contributed by atoms with Crippen molar-refractivity contribution in [2.75, 3.05) is 12.9 Å². The van der Waals surface area contributed by atoms with Crippen molar-refractivity contribution in [2.24, 2.45) is 0 Å². The van der Waals surface area contributed by atoms with Crippen LogP contribution < -0.4 is 5.56 Å². The van der Waals surface area contributed by atoms with Crippen LogP contribution >= 0.6 is 23.4 Å². The average molecular weight is 350 g/mol. The van der Waals surface area contributed by atoms with E-state index in [2.05, 4.69) is 9.97 Å². The first-order valence-electron chi connectivity index (χ1n) is 6.57. The molecule has 0 aliphatic rings. The molecular formula is C15H12ClN3O3S. The maximum absolute atomic E-state index is 12.2. The van der Waals surface area contributed by atoms with Crippen molar-refractivity contribution in [3.05, 3.63) is 44.7 Å². The van der Waals surface area contributed by atoms with Crippen LogP contribution in [-0.2, 0) is 4.74 Å². The van der Waals surface area contributed by atoms with Crippen molar-refractivity contribution in [1.29, 1.82) is 5.26 Å². The third-order valence-electron chi connectivity index (χ3n) is 2.95. The van der Waals surface area contributed by atoms with Gasteiger partial charge in [-0.15, -0.1) is 0 Å². The fraction of sp³-hybridized carbons (Fsp3) is 0.200. The van der Waals surface area contributed by atoms with Crippen molar-refractivity contribution < 1.29 is 9.53 Å². The molecule has 0 unspecified atom stereocenters. The maximum Gasteiger partial charge on any atom is 0.340 e.